The zero-order chi connectivity index (χ0) is 5.98. The van der Waals surface area contributed by atoms with Crippen LogP contribution in [0.15, 0.2) is 17.1 Å². The van der Waals surface area contributed by atoms with Gasteiger partial charge in [0.05, 0.1) is 5.71 Å². The van der Waals surface area contributed by atoms with E-state index in [2.05, 4.69) is 4.99 Å². The van der Waals surface area contributed by atoms with Crippen LogP contribution in [0.1, 0.15) is 0 Å². The molecule has 0 bridgehead atoms. The third-order valence-electron chi connectivity index (χ3n) is 0.808. The first-order chi connectivity index (χ1) is 3.80. The number of amidine groups is 1. The summed E-state index contributed by atoms with van der Waals surface area (Å²) in [5.74, 6) is 0.0347. The fraction of sp³-hybridized carbons (Fsp3) is 0. The van der Waals surface area contributed by atoms with Crippen LogP contribution in [0.2, 0.25) is 0 Å². The molecule has 0 aliphatic carbocycles. The molecule has 0 aromatic rings. The van der Waals surface area contributed by atoms with E-state index in [0.717, 1.165) is 0 Å². The Kier molecular flexibility index (Phi) is 11.0. The van der Waals surface area contributed by atoms with Gasteiger partial charge < -0.3 is 12.3 Å². The van der Waals surface area contributed by atoms with Crippen molar-refractivity contribution in [3.8, 4) is 0 Å². The summed E-state index contributed by atoms with van der Waals surface area (Å²) in [5, 5.41) is 13.9. The van der Waals surface area contributed by atoms with Gasteiger partial charge in [0.1, 0.15) is 0 Å². The molecule has 0 aromatic carbocycles. The van der Waals surface area contributed by atoms with E-state index in [9.17, 15) is 0 Å². The summed E-state index contributed by atoms with van der Waals surface area (Å²) in [4.78, 5) is 3.56. The van der Waals surface area contributed by atoms with Crippen LogP contribution in [0, 0.1) is 10.8 Å². The Balaban J connectivity index is -0.000000213. The Morgan fingerprint density at radius 1 is 1.18 bits per heavy atom. The summed E-state index contributed by atoms with van der Waals surface area (Å²) in [5.41, 5.74) is 0.174. The second kappa shape index (κ2) is 7.30. The van der Waals surface area contributed by atoms with E-state index >= 15 is 0 Å². The smallest absolute Gasteiger partial charge is 0.169 e. The van der Waals surface area contributed by atoms with Crippen molar-refractivity contribution in [1.29, 1.82) is 10.8 Å². The molecule has 0 aromatic heterocycles. The molecule has 1 heterocycles. The van der Waals surface area contributed by atoms with Gasteiger partial charge in [-0.3, -0.25) is 10.8 Å². The van der Waals surface area contributed by atoms with Crippen molar-refractivity contribution in [3.63, 3.8) is 0 Å². The SMILES string of the molecule is N.N.N=C1C=CC=NC1=N.[Fe]. The van der Waals surface area contributed by atoms with Gasteiger partial charge in [-0.05, 0) is 12.2 Å². The molecule has 1 aliphatic rings. The second-order valence-electron chi connectivity index (χ2n) is 1.40. The number of dihydropyridines is 1. The number of aliphatic imine (C=N–C) groups is 1. The first-order valence-electron chi connectivity index (χ1n) is 2.19. The first kappa shape index (κ1) is 16.6. The molecular weight excluding hydrogens is 186 g/mol. The predicted molar refractivity (Wildman–Crippen MR) is 43.1 cm³/mol. The summed E-state index contributed by atoms with van der Waals surface area (Å²) in [6.07, 6.45) is 4.68. The maximum absolute atomic E-state index is 6.97. The van der Waals surface area contributed by atoms with Gasteiger partial charge in [0.15, 0.2) is 5.84 Å². The maximum Gasteiger partial charge on any atom is 0.169 e. The molecule has 11 heavy (non-hydrogen) atoms. The Morgan fingerprint density at radius 3 is 2.00 bits per heavy atom. The Hall–Kier alpha value is -0.811. The minimum atomic E-state index is 0. The van der Waals surface area contributed by atoms with Crippen LogP contribution < -0.4 is 12.3 Å². The van der Waals surface area contributed by atoms with Crippen molar-refractivity contribution in [3.05, 3.63) is 12.2 Å². The van der Waals surface area contributed by atoms with E-state index in [4.69, 9.17) is 10.8 Å². The average molecular weight is 197 g/mol. The largest absolute Gasteiger partial charge is 0.344 e. The van der Waals surface area contributed by atoms with Gasteiger partial charge in [-0.1, -0.05) is 0 Å². The van der Waals surface area contributed by atoms with Gasteiger partial charge in [0.2, 0.25) is 0 Å². The number of hydrogen-bond donors (Lipinski definition) is 4. The molecular formula is C5H11FeN5. The third-order valence-corrected chi connectivity index (χ3v) is 0.808. The van der Waals surface area contributed by atoms with Crippen molar-refractivity contribution >= 4 is 17.8 Å². The molecule has 0 unspecified atom stereocenters. The third kappa shape index (κ3) is 4.57. The molecule has 64 valence electrons. The maximum atomic E-state index is 6.97. The van der Waals surface area contributed by atoms with Gasteiger partial charge >= 0.3 is 0 Å². The molecule has 5 nitrogen and oxygen atoms in total. The van der Waals surface area contributed by atoms with E-state index in [0.29, 0.717) is 0 Å². The van der Waals surface area contributed by atoms with Crippen LogP contribution in [0.3, 0.4) is 0 Å². The number of allylic oxidation sites excluding steroid dienone is 1. The molecule has 6 heteroatoms. The van der Waals surface area contributed by atoms with Gasteiger partial charge in [-0.25, -0.2) is 4.99 Å². The molecule has 0 spiro atoms. The van der Waals surface area contributed by atoms with Crippen LogP contribution >= 0.6 is 0 Å². The van der Waals surface area contributed by atoms with E-state index in [1.165, 1.54) is 12.3 Å². The van der Waals surface area contributed by atoms with Crippen molar-refractivity contribution in [2.45, 2.75) is 0 Å². The molecule has 0 fully saturated rings. The standard InChI is InChI=1S/C5H5N3.Fe.2H3N/c6-4-2-1-3-8-5(4)7;;;/h1-3,6-7H;;2*1H3. The predicted octanol–water partition coefficient (Wildman–Crippen LogP) is 0.946. The Morgan fingerprint density at radius 2 is 1.73 bits per heavy atom. The van der Waals surface area contributed by atoms with E-state index in [1.807, 2.05) is 0 Å². The van der Waals surface area contributed by atoms with E-state index in [1.54, 1.807) is 6.08 Å². The molecule has 8 N–H and O–H groups in total. The summed E-state index contributed by atoms with van der Waals surface area (Å²) < 4.78 is 0. The second-order valence-corrected chi connectivity index (χ2v) is 1.40. The van der Waals surface area contributed by atoms with Gasteiger partial charge in [-0.2, -0.15) is 0 Å². The minimum absolute atomic E-state index is 0. The quantitative estimate of drug-likeness (QED) is 0.430. The van der Waals surface area contributed by atoms with Crippen molar-refractivity contribution in [2.24, 2.45) is 4.99 Å². The normalized spacial score (nSPS) is 12.7. The topological polar surface area (TPSA) is 130 Å². The van der Waals surface area contributed by atoms with E-state index < -0.39 is 0 Å². The zero-order valence-electron chi connectivity index (χ0n) is 5.95. The Labute approximate surface area is 75.6 Å². The molecule has 0 atom stereocenters. The number of nitrogens with zero attached hydrogens (tertiary/aromatic N) is 1. The Bertz CT molecular complexity index is 173. The van der Waals surface area contributed by atoms with Gasteiger partial charge in [0, 0.05) is 23.3 Å². The molecule has 0 saturated heterocycles. The first-order valence-corrected chi connectivity index (χ1v) is 2.19. The average Bonchev–Trinajstić information content (AvgIpc) is 1.77. The summed E-state index contributed by atoms with van der Waals surface area (Å²) in [6, 6.07) is 0. The van der Waals surface area contributed by atoms with Crippen molar-refractivity contribution in [1.82, 2.24) is 12.3 Å². The van der Waals surface area contributed by atoms with E-state index in [-0.39, 0.29) is 40.9 Å². The summed E-state index contributed by atoms with van der Waals surface area (Å²) in [7, 11) is 0. The van der Waals surface area contributed by atoms with Crippen LogP contribution in [0.4, 0.5) is 0 Å². The summed E-state index contributed by atoms with van der Waals surface area (Å²) in [6.45, 7) is 0. The van der Waals surface area contributed by atoms with Crippen LogP contribution in [-0.2, 0) is 17.1 Å². The molecule has 0 saturated carbocycles. The number of hydrogen-bond acceptors (Lipinski definition) is 4. The monoisotopic (exact) mass is 197 g/mol. The summed E-state index contributed by atoms with van der Waals surface area (Å²) >= 11 is 0. The van der Waals surface area contributed by atoms with Gasteiger partial charge in [-0.15, -0.1) is 0 Å². The van der Waals surface area contributed by atoms with Crippen LogP contribution in [-0.4, -0.2) is 17.8 Å². The van der Waals surface area contributed by atoms with Crippen molar-refractivity contribution < 1.29 is 17.1 Å². The number of nitrogens with one attached hydrogen (secondary N) is 2. The van der Waals surface area contributed by atoms with Gasteiger partial charge in [0.25, 0.3) is 0 Å². The molecule has 0 amide bonds. The van der Waals surface area contributed by atoms with Crippen LogP contribution in [0.5, 0.6) is 0 Å². The molecule has 1 aliphatic heterocycles. The fourth-order valence-electron chi connectivity index (χ4n) is 0.405. The van der Waals surface area contributed by atoms with Crippen LogP contribution in [0.25, 0.3) is 0 Å². The molecule has 0 radical (unpaired) electrons. The number of rotatable bonds is 0. The minimum Gasteiger partial charge on any atom is -0.344 e. The molecule has 1 rings (SSSR count). The zero-order valence-corrected chi connectivity index (χ0v) is 7.05. The van der Waals surface area contributed by atoms with Crippen molar-refractivity contribution in [2.75, 3.05) is 0 Å². The fourth-order valence-corrected chi connectivity index (χ4v) is 0.405.